The second-order valence-corrected chi connectivity index (χ2v) is 6.96. The van der Waals surface area contributed by atoms with Gasteiger partial charge in [0.05, 0.1) is 0 Å². The highest BCUT2D eigenvalue weighted by Crippen LogP contribution is 2.25. The van der Waals surface area contributed by atoms with E-state index in [1.165, 1.54) is 11.1 Å². The molecular formula is C18H31NO. The zero-order valence-corrected chi connectivity index (χ0v) is 14.2. The third kappa shape index (κ3) is 5.54. The summed E-state index contributed by atoms with van der Waals surface area (Å²) in [4.78, 5) is 0. The fourth-order valence-electron chi connectivity index (χ4n) is 1.97. The second kappa shape index (κ2) is 7.12. The first-order valence-corrected chi connectivity index (χ1v) is 7.75. The average Bonchev–Trinajstić information content (AvgIpc) is 2.35. The standard InChI is InChI=1S/C18H31NO/c1-8-16(12-19-18(5,6)7)20-17-11-15(13(2)3)10-9-14(17)4/h9-11,13,16,19H,8,12H2,1-7H3. The quantitative estimate of drug-likeness (QED) is 0.816. The van der Waals surface area contributed by atoms with Crippen LogP contribution in [0.25, 0.3) is 0 Å². The Labute approximate surface area is 124 Å². The van der Waals surface area contributed by atoms with Crippen LogP contribution in [-0.4, -0.2) is 18.2 Å². The summed E-state index contributed by atoms with van der Waals surface area (Å²) < 4.78 is 6.22. The minimum Gasteiger partial charge on any atom is -0.489 e. The summed E-state index contributed by atoms with van der Waals surface area (Å²) in [5, 5.41) is 3.52. The maximum absolute atomic E-state index is 6.22. The van der Waals surface area contributed by atoms with E-state index in [1.807, 2.05) is 0 Å². The molecule has 0 aliphatic rings. The van der Waals surface area contributed by atoms with E-state index in [1.54, 1.807) is 0 Å². The lowest BCUT2D eigenvalue weighted by Gasteiger charge is -2.26. The molecule has 1 aromatic carbocycles. The molecule has 0 radical (unpaired) electrons. The van der Waals surface area contributed by atoms with Gasteiger partial charge in [0.1, 0.15) is 11.9 Å². The monoisotopic (exact) mass is 277 g/mol. The van der Waals surface area contributed by atoms with Gasteiger partial charge in [-0.3, -0.25) is 0 Å². The third-order valence-corrected chi connectivity index (χ3v) is 3.49. The van der Waals surface area contributed by atoms with E-state index in [-0.39, 0.29) is 11.6 Å². The number of aryl methyl sites for hydroxylation is 1. The van der Waals surface area contributed by atoms with Crippen molar-refractivity contribution in [3.8, 4) is 5.75 Å². The van der Waals surface area contributed by atoms with Crippen LogP contribution in [0.15, 0.2) is 18.2 Å². The van der Waals surface area contributed by atoms with Crippen molar-refractivity contribution in [1.82, 2.24) is 5.32 Å². The molecule has 0 saturated carbocycles. The Hall–Kier alpha value is -1.02. The van der Waals surface area contributed by atoms with E-state index < -0.39 is 0 Å². The first-order chi connectivity index (χ1) is 9.23. The number of ether oxygens (including phenoxy) is 1. The van der Waals surface area contributed by atoms with Gasteiger partial charge in [0.25, 0.3) is 0 Å². The van der Waals surface area contributed by atoms with Gasteiger partial charge in [-0.25, -0.2) is 0 Å². The largest absolute Gasteiger partial charge is 0.489 e. The number of benzene rings is 1. The zero-order valence-electron chi connectivity index (χ0n) is 14.2. The van der Waals surface area contributed by atoms with Gasteiger partial charge in [-0.1, -0.05) is 32.9 Å². The van der Waals surface area contributed by atoms with Gasteiger partial charge < -0.3 is 10.1 Å². The molecule has 1 atom stereocenters. The minimum absolute atomic E-state index is 0.131. The van der Waals surface area contributed by atoms with Crippen molar-refractivity contribution in [2.45, 2.75) is 72.4 Å². The van der Waals surface area contributed by atoms with Crippen LogP contribution in [-0.2, 0) is 0 Å². The molecule has 0 heterocycles. The van der Waals surface area contributed by atoms with Crippen molar-refractivity contribution in [2.24, 2.45) is 0 Å². The third-order valence-electron chi connectivity index (χ3n) is 3.49. The molecule has 1 unspecified atom stereocenters. The molecule has 114 valence electrons. The van der Waals surface area contributed by atoms with Crippen LogP contribution in [0.2, 0.25) is 0 Å². The molecule has 0 saturated heterocycles. The van der Waals surface area contributed by atoms with E-state index >= 15 is 0 Å². The van der Waals surface area contributed by atoms with Crippen molar-refractivity contribution in [1.29, 1.82) is 0 Å². The van der Waals surface area contributed by atoms with Crippen LogP contribution in [0.3, 0.4) is 0 Å². The second-order valence-electron chi connectivity index (χ2n) is 6.96. The molecule has 1 rings (SSSR count). The van der Waals surface area contributed by atoms with E-state index in [9.17, 15) is 0 Å². The molecule has 0 amide bonds. The normalized spacial score (nSPS) is 13.6. The summed E-state index contributed by atoms with van der Waals surface area (Å²) in [5.41, 5.74) is 2.68. The van der Waals surface area contributed by atoms with Crippen LogP contribution in [0.4, 0.5) is 0 Å². The van der Waals surface area contributed by atoms with Gasteiger partial charge in [-0.2, -0.15) is 0 Å². The predicted octanol–water partition coefficient (Wildman–Crippen LogP) is 4.66. The molecule has 0 aromatic heterocycles. The summed E-state index contributed by atoms with van der Waals surface area (Å²) >= 11 is 0. The fourth-order valence-corrected chi connectivity index (χ4v) is 1.97. The maximum atomic E-state index is 6.22. The Bertz CT molecular complexity index is 418. The Kier molecular flexibility index (Phi) is 6.07. The maximum Gasteiger partial charge on any atom is 0.122 e. The number of hydrogen-bond acceptors (Lipinski definition) is 2. The van der Waals surface area contributed by atoms with Crippen LogP contribution < -0.4 is 10.1 Å². The number of rotatable bonds is 6. The molecule has 2 nitrogen and oxygen atoms in total. The van der Waals surface area contributed by atoms with Gasteiger partial charge in [0.15, 0.2) is 0 Å². The zero-order chi connectivity index (χ0) is 15.3. The van der Waals surface area contributed by atoms with Crippen molar-refractivity contribution < 1.29 is 4.74 Å². The van der Waals surface area contributed by atoms with Crippen molar-refractivity contribution >= 4 is 0 Å². The molecule has 2 heteroatoms. The van der Waals surface area contributed by atoms with Crippen LogP contribution in [0, 0.1) is 6.92 Å². The molecule has 0 aliphatic heterocycles. The summed E-state index contributed by atoms with van der Waals surface area (Å²) in [7, 11) is 0. The number of hydrogen-bond donors (Lipinski definition) is 1. The summed E-state index contributed by atoms with van der Waals surface area (Å²) in [6.45, 7) is 16.2. The van der Waals surface area contributed by atoms with E-state index in [2.05, 4.69) is 72.0 Å². The van der Waals surface area contributed by atoms with Crippen LogP contribution in [0.1, 0.15) is 65.0 Å². The smallest absolute Gasteiger partial charge is 0.122 e. The molecule has 0 spiro atoms. The first kappa shape index (κ1) is 17.0. The predicted molar refractivity (Wildman–Crippen MR) is 87.7 cm³/mol. The highest BCUT2D eigenvalue weighted by molar-refractivity contribution is 5.38. The summed E-state index contributed by atoms with van der Waals surface area (Å²) in [5.74, 6) is 1.56. The highest BCUT2D eigenvalue weighted by atomic mass is 16.5. The number of nitrogens with one attached hydrogen (secondary N) is 1. The van der Waals surface area contributed by atoms with Gasteiger partial charge in [0, 0.05) is 12.1 Å². The van der Waals surface area contributed by atoms with Crippen molar-refractivity contribution in [2.75, 3.05) is 6.54 Å². The van der Waals surface area contributed by atoms with E-state index in [4.69, 9.17) is 4.74 Å². The van der Waals surface area contributed by atoms with Crippen molar-refractivity contribution in [3.63, 3.8) is 0 Å². The molecule has 1 N–H and O–H groups in total. The minimum atomic E-state index is 0.131. The SMILES string of the molecule is CCC(CNC(C)(C)C)Oc1cc(C(C)C)ccc1C. The van der Waals surface area contributed by atoms with E-state index in [0.29, 0.717) is 5.92 Å². The van der Waals surface area contributed by atoms with E-state index in [0.717, 1.165) is 18.7 Å². The molecule has 1 aromatic rings. The average molecular weight is 277 g/mol. The molecular weight excluding hydrogens is 246 g/mol. The topological polar surface area (TPSA) is 21.3 Å². The lowest BCUT2D eigenvalue weighted by molar-refractivity contribution is 0.180. The van der Waals surface area contributed by atoms with Gasteiger partial charge in [0.2, 0.25) is 0 Å². The van der Waals surface area contributed by atoms with Gasteiger partial charge in [-0.05, 0) is 57.2 Å². The molecule has 20 heavy (non-hydrogen) atoms. The van der Waals surface area contributed by atoms with Gasteiger partial charge >= 0.3 is 0 Å². The highest BCUT2D eigenvalue weighted by Gasteiger charge is 2.15. The summed E-state index contributed by atoms with van der Waals surface area (Å²) in [6, 6.07) is 6.55. The lowest BCUT2D eigenvalue weighted by atomic mass is 10.0. The Morgan fingerprint density at radius 2 is 1.85 bits per heavy atom. The lowest BCUT2D eigenvalue weighted by Crippen LogP contribution is -2.42. The Morgan fingerprint density at radius 1 is 1.20 bits per heavy atom. The molecule has 0 aliphatic carbocycles. The van der Waals surface area contributed by atoms with Crippen LogP contribution in [0.5, 0.6) is 5.75 Å². The van der Waals surface area contributed by atoms with Gasteiger partial charge in [-0.15, -0.1) is 0 Å². The Balaban J connectivity index is 2.76. The first-order valence-electron chi connectivity index (χ1n) is 7.75. The van der Waals surface area contributed by atoms with Crippen molar-refractivity contribution in [3.05, 3.63) is 29.3 Å². The van der Waals surface area contributed by atoms with Crippen LogP contribution >= 0.6 is 0 Å². The summed E-state index contributed by atoms with van der Waals surface area (Å²) in [6.07, 6.45) is 1.23. The fraction of sp³-hybridized carbons (Fsp3) is 0.667. The Morgan fingerprint density at radius 3 is 2.35 bits per heavy atom. The molecule has 0 bridgehead atoms. The molecule has 0 fully saturated rings.